The van der Waals surface area contributed by atoms with Crippen LogP contribution in [-0.4, -0.2) is 51.3 Å². The summed E-state index contributed by atoms with van der Waals surface area (Å²) in [4.78, 5) is 32.5. The first-order chi connectivity index (χ1) is 14.4. The first-order valence-corrected chi connectivity index (χ1v) is 9.61. The third-order valence-corrected chi connectivity index (χ3v) is 5.71. The Labute approximate surface area is 176 Å². The van der Waals surface area contributed by atoms with E-state index in [2.05, 4.69) is 4.99 Å². The van der Waals surface area contributed by atoms with E-state index in [1.54, 1.807) is 23.7 Å². The molecule has 1 N–H and O–H groups in total. The molecule has 3 aromatic rings. The van der Waals surface area contributed by atoms with Gasteiger partial charge in [0, 0.05) is 19.7 Å². The largest absolute Gasteiger partial charge is 0.506 e. The number of aromatic nitrogens is 2. The zero-order valence-electron chi connectivity index (χ0n) is 16.2. The maximum atomic E-state index is 12.9. The third kappa shape index (κ3) is 2.47. The van der Waals surface area contributed by atoms with Crippen molar-refractivity contribution in [2.45, 2.75) is 6.04 Å². The molecule has 1 fully saturated rings. The fraction of sp³-hybridized carbons (Fsp3) is 0.143. The topological polar surface area (TPSA) is 82.0 Å². The molecule has 2 aromatic carbocycles. The predicted molar refractivity (Wildman–Crippen MR) is 110 cm³/mol. The number of hydrogen-bond donors (Lipinski definition) is 1. The summed E-state index contributed by atoms with van der Waals surface area (Å²) in [5, 5.41) is 10.0. The Kier molecular flexibility index (Phi) is 3.94. The average molecular weight is 423 g/mol. The van der Waals surface area contributed by atoms with Gasteiger partial charge in [-0.25, -0.2) is 9.36 Å². The Bertz CT molecular complexity index is 1250. The van der Waals surface area contributed by atoms with E-state index in [1.807, 2.05) is 41.1 Å². The quantitative estimate of drug-likeness (QED) is 0.645. The van der Waals surface area contributed by atoms with Crippen LogP contribution in [0.1, 0.15) is 6.04 Å². The van der Waals surface area contributed by atoms with Crippen LogP contribution < -0.4 is 4.57 Å². The van der Waals surface area contributed by atoms with Gasteiger partial charge in [0.15, 0.2) is 0 Å². The lowest BCUT2D eigenvalue weighted by Gasteiger charge is -2.30. The van der Waals surface area contributed by atoms with Gasteiger partial charge in [-0.2, -0.15) is 4.57 Å². The first kappa shape index (κ1) is 18.4. The first-order valence-electron chi connectivity index (χ1n) is 9.23. The number of rotatable bonds is 2. The lowest BCUT2D eigenvalue weighted by Crippen LogP contribution is -2.61. The van der Waals surface area contributed by atoms with Crippen LogP contribution in [0.4, 0.5) is 10.7 Å². The van der Waals surface area contributed by atoms with Crippen LogP contribution in [0.3, 0.4) is 0 Å². The molecule has 0 saturated carbocycles. The molecule has 0 bridgehead atoms. The number of urea groups is 1. The number of fused-ring (bicyclic) bond motifs is 3. The maximum absolute atomic E-state index is 12.9. The van der Waals surface area contributed by atoms with Crippen molar-refractivity contribution in [2.24, 2.45) is 4.99 Å². The van der Waals surface area contributed by atoms with Crippen LogP contribution in [-0.2, 0) is 4.79 Å². The monoisotopic (exact) mass is 422 g/mol. The van der Waals surface area contributed by atoms with Crippen molar-refractivity contribution in [3.63, 3.8) is 0 Å². The number of phenolic OH excluding ortho intramolecular Hbond substituents is 1. The summed E-state index contributed by atoms with van der Waals surface area (Å²) < 4.78 is 3.67. The highest BCUT2D eigenvalue weighted by molar-refractivity contribution is 6.32. The summed E-state index contributed by atoms with van der Waals surface area (Å²) in [6, 6.07) is 13.4. The molecule has 3 heterocycles. The van der Waals surface area contributed by atoms with E-state index < -0.39 is 12.1 Å². The van der Waals surface area contributed by atoms with Gasteiger partial charge in [0.2, 0.25) is 11.9 Å². The van der Waals surface area contributed by atoms with Gasteiger partial charge in [-0.3, -0.25) is 14.6 Å². The number of nitrogens with zero attached hydrogens (tertiary/aromatic N) is 5. The molecule has 9 heteroatoms. The second-order valence-corrected chi connectivity index (χ2v) is 7.58. The average Bonchev–Trinajstić information content (AvgIpc) is 3.29. The number of halogens is 1. The molecule has 2 aliphatic rings. The number of imide groups is 1. The molecule has 1 atom stereocenters. The molecule has 0 aliphatic carbocycles. The molecule has 1 unspecified atom stereocenters. The number of imidazole rings is 1. The van der Waals surface area contributed by atoms with Gasteiger partial charge in [0.05, 0.1) is 5.02 Å². The van der Waals surface area contributed by atoms with Crippen molar-refractivity contribution in [3.8, 4) is 22.7 Å². The number of phenols is 1. The number of hydrogen-bond acceptors (Lipinski definition) is 4. The Hall–Kier alpha value is -3.65. The molecule has 3 amide bonds. The van der Waals surface area contributed by atoms with Crippen molar-refractivity contribution in [2.75, 3.05) is 14.1 Å². The van der Waals surface area contributed by atoms with Crippen molar-refractivity contribution in [1.82, 2.24) is 14.4 Å². The zero-order valence-corrected chi connectivity index (χ0v) is 16.9. The summed E-state index contributed by atoms with van der Waals surface area (Å²) in [5.74, 6) is 0.547. The van der Waals surface area contributed by atoms with E-state index >= 15 is 0 Å². The normalized spacial score (nSPS) is 17.8. The minimum atomic E-state index is -0.732. The zero-order chi connectivity index (χ0) is 21.2. The highest BCUT2D eigenvalue weighted by Crippen LogP contribution is 2.36. The van der Waals surface area contributed by atoms with Crippen molar-refractivity contribution in [3.05, 3.63) is 59.8 Å². The van der Waals surface area contributed by atoms with Gasteiger partial charge >= 0.3 is 12.0 Å². The smallest absolute Gasteiger partial charge is 0.407 e. The number of amidine groups is 1. The fourth-order valence-electron chi connectivity index (χ4n) is 3.85. The van der Waals surface area contributed by atoms with Crippen LogP contribution in [0.15, 0.2) is 59.7 Å². The van der Waals surface area contributed by atoms with Crippen molar-refractivity contribution in [1.29, 1.82) is 0 Å². The number of likely N-dealkylation sites (N-methyl/N-ethyl adjacent to an activating group) is 2. The summed E-state index contributed by atoms with van der Waals surface area (Å²) >= 11 is 6.15. The summed E-state index contributed by atoms with van der Waals surface area (Å²) in [6.07, 6.45) is 1.82. The molecular formula is C21H17ClN5O3+. The van der Waals surface area contributed by atoms with Crippen molar-refractivity contribution >= 4 is 35.3 Å². The molecule has 0 radical (unpaired) electrons. The van der Waals surface area contributed by atoms with Gasteiger partial charge in [-0.05, 0) is 30.3 Å². The molecule has 0 spiro atoms. The molecular weight excluding hydrogens is 406 g/mol. The summed E-state index contributed by atoms with van der Waals surface area (Å²) in [7, 11) is 3.07. The van der Waals surface area contributed by atoms with Crippen LogP contribution in [0.5, 0.6) is 5.75 Å². The SMILES string of the molecule is CN1C(=O)C2C(=Nc3n(-c4ccccc4)c(-c4ccc(O)c(Cl)c4)c[n+]32)N(C)C1=O. The molecule has 30 heavy (non-hydrogen) atoms. The van der Waals surface area contributed by atoms with E-state index in [0.717, 1.165) is 21.8 Å². The lowest BCUT2D eigenvalue weighted by molar-refractivity contribution is -0.676. The number of carbonyl (C=O) groups is 2. The van der Waals surface area contributed by atoms with E-state index in [-0.39, 0.29) is 16.7 Å². The van der Waals surface area contributed by atoms with Gasteiger partial charge in [-0.1, -0.05) is 34.8 Å². The van der Waals surface area contributed by atoms with Crippen LogP contribution in [0.25, 0.3) is 16.9 Å². The Morgan fingerprint density at radius 2 is 1.80 bits per heavy atom. The summed E-state index contributed by atoms with van der Waals surface area (Å²) in [6.45, 7) is 0. The predicted octanol–water partition coefficient (Wildman–Crippen LogP) is 2.90. The molecule has 1 saturated heterocycles. The van der Waals surface area contributed by atoms with E-state index in [4.69, 9.17) is 11.6 Å². The fourth-order valence-corrected chi connectivity index (χ4v) is 4.03. The third-order valence-electron chi connectivity index (χ3n) is 5.41. The second-order valence-electron chi connectivity index (χ2n) is 7.17. The van der Waals surface area contributed by atoms with Gasteiger partial charge in [0.25, 0.3) is 5.91 Å². The van der Waals surface area contributed by atoms with E-state index in [0.29, 0.717) is 11.8 Å². The number of benzene rings is 2. The second kappa shape index (κ2) is 6.43. The van der Waals surface area contributed by atoms with Crippen LogP contribution in [0.2, 0.25) is 5.02 Å². The number of amides is 3. The lowest BCUT2D eigenvalue weighted by atomic mass is 10.1. The minimum Gasteiger partial charge on any atom is -0.506 e. The minimum absolute atomic E-state index is 0.0112. The highest BCUT2D eigenvalue weighted by atomic mass is 35.5. The molecule has 150 valence electrons. The number of aliphatic imine (C=N–C) groups is 1. The maximum Gasteiger partial charge on any atom is 0.407 e. The highest BCUT2D eigenvalue weighted by Gasteiger charge is 2.52. The Balaban J connectivity index is 1.78. The molecule has 2 aliphatic heterocycles. The van der Waals surface area contributed by atoms with Crippen LogP contribution in [0, 0.1) is 0 Å². The van der Waals surface area contributed by atoms with E-state index in [9.17, 15) is 14.7 Å². The molecule has 1 aromatic heterocycles. The number of carbonyl (C=O) groups excluding carboxylic acids is 2. The van der Waals surface area contributed by atoms with Gasteiger partial charge < -0.3 is 5.11 Å². The molecule has 5 rings (SSSR count). The number of aromatic hydroxyl groups is 1. The van der Waals surface area contributed by atoms with Gasteiger partial charge in [-0.15, -0.1) is 0 Å². The standard InChI is InChI=1S/C21H16ClN5O3/c1-24-18-17(19(29)25(2)21(24)30)26-11-15(12-8-9-16(28)14(22)10-12)27(20(26)23-18)13-6-4-3-5-7-13/h3-11,17H,1-2H3/p+1. The van der Waals surface area contributed by atoms with E-state index in [1.165, 1.54) is 18.0 Å². The van der Waals surface area contributed by atoms with Crippen molar-refractivity contribution < 1.29 is 19.3 Å². The Morgan fingerprint density at radius 1 is 1.07 bits per heavy atom. The Morgan fingerprint density at radius 3 is 2.50 bits per heavy atom. The van der Waals surface area contributed by atoms with Gasteiger partial charge in [0.1, 0.15) is 23.3 Å². The summed E-state index contributed by atoms with van der Waals surface area (Å²) in [5.41, 5.74) is 2.33. The number of para-hydroxylation sites is 1. The molecule has 8 nitrogen and oxygen atoms in total. The van der Waals surface area contributed by atoms with Crippen LogP contribution >= 0.6 is 11.6 Å².